The standard InChI is InChI=1S/C14H9ClFNO2S/c1-2-10-4-3-5-12(8-10)17-20(18,19)14-7-6-11(15)9-13(14)16/h1,3-9,17H. The van der Waals surface area contributed by atoms with Crippen LogP contribution in [0, 0.1) is 18.2 Å². The molecule has 2 aromatic rings. The van der Waals surface area contributed by atoms with Gasteiger partial charge in [0.25, 0.3) is 10.0 Å². The Balaban J connectivity index is 2.38. The summed E-state index contributed by atoms with van der Waals surface area (Å²) < 4.78 is 40.1. The van der Waals surface area contributed by atoms with Crippen LogP contribution in [0.3, 0.4) is 0 Å². The molecule has 2 rings (SSSR count). The molecule has 102 valence electrons. The molecule has 0 aliphatic rings. The topological polar surface area (TPSA) is 46.2 Å². The average Bonchev–Trinajstić information content (AvgIpc) is 2.37. The van der Waals surface area contributed by atoms with E-state index >= 15 is 0 Å². The summed E-state index contributed by atoms with van der Waals surface area (Å²) in [6.07, 6.45) is 5.23. The summed E-state index contributed by atoms with van der Waals surface area (Å²) in [4.78, 5) is -0.479. The number of anilines is 1. The highest BCUT2D eigenvalue weighted by molar-refractivity contribution is 7.92. The number of hydrogen-bond donors (Lipinski definition) is 1. The maximum absolute atomic E-state index is 13.7. The van der Waals surface area contributed by atoms with Crippen molar-refractivity contribution in [2.45, 2.75) is 4.90 Å². The van der Waals surface area contributed by atoms with E-state index in [1.54, 1.807) is 12.1 Å². The van der Waals surface area contributed by atoms with Crippen LogP contribution >= 0.6 is 11.6 Å². The highest BCUT2D eigenvalue weighted by atomic mass is 35.5. The molecule has 0 fully saturated rings. The Morgan fingerprint density at radius 1 is 1.20 bits per heavy atom. The number of sulfonamides is 1. The number of hydrogen-bond acceptors (Lipinski definition) is 2. The first-order chi connectivity index (χ1) is 9.42. The minimum Gasteiger partial charge on any atom is -0.279 e. The third-order valence-electron chi connectivity index (χ3n) is 2.46. The van der Waals surface area contributed by atoms with Crippen molar-refractivity contribution >= 4 is 27.3 Å². The van der Waals surface area contributed by atoms with Crippen molar-refractivity contribution in [2.75, 3.05) is 4.72 Å². The summed E-state index contributed by atoms with van der Waals surface area (Å²) >= 11 is 5.59. The quantitative estimate of drug-likeness (QED) is 0.885. The third-order valence-corrected chi connectivity index (χ3v) is 4.11. The summed E-state index contributed by atoms with van der Waals surface area (Å²) in [6, 6.07) is 9.60. The van der Waals surface area contributed by atoms with E-state index in [-0.39, 0.29) is 10.7 Å². The third kappa shape index (κ3) is 3.10. The lowest BCUT2D eigenvalue weighted by molar-refractivity contribution is 0.570. The lowest BCUT2D eigenvalue weighted by Crippen LogP contribution is -2.14. The van der Waals surface area contributed by atoms with E-state index < -0.39 is 20.7 Å². The first-order valence-electron chi connectivity index (χ1n) is 5.47. The zero-order chi connectivity index (χ0) is 14.8. The van der Waals surface area contributed by atoms with Gasteiger partial charge in [-0.25, -0.2) is 12.8 Å². The Bertz CT molecular complexity index is 797. The van der Waals surface area contributed by atoms with Gasteiger partial charge in [-0.1, -0.05) is 23.6 Å². The van der Waals surface area contributed by atoms with Crippen LogP contribution in [0.1, 0.15) is 5.56 Å². The molecular weight excluding hydrogens is 301 g/mol. The highest BCUT2D eigenvalue weighted by Gasteiger charge is 2.19. The van der Waals surface area contributed by atoms with E-state index in [0.717, 1.165) is 12.1 Å². The molecule has 0 aliphatic carbocycles. The largest absolute Gasteiger partial charge is 0.279 e. The summed E-state index contributed by atoms with van der Waals surface area (Å²) in [5.74, 6) is 1.47. The molecule has 0 bridgehead atoms. The van der Waals surface area contributed by atoms with Gasteiger partial charge < -0.3 is 0 Å². The van der Waals surface area contributed by atoms with Crippen LogP contribution in [0.25, 0.3) is 0 Å². The fourth-order valence-corrected chi connectivity index (χ4v) is 2.84. The minimum atomic E-state index is -4.04. The number of benzene rings is 2. The summed E-state index contributed by atoms with van der Waals surface area (Å²) in [6.45, 7) is 0. The van der Waals surface area contributed by atoms with Gasteiger partial charge in [0, 0.05) is 10.6 Å². The number of terminal acetylenes is 1. The van der Waals surface area contributed by atoms with Gasteiger partial charge in [-0.15, -0.1) is 6.42 Å². The highest BCUT2D eigenvalue weighted by Crippen LogP contribution is 2.22. The molecule has 3 nitrogen and oxygen atoms in total. The van der Waals surface area contributed by atoms with Crippen molar-refractivity contribution in [1.82, 2.24) is 0 Å². The summed E-state index contributed by atoms with van der Waals surface area (Å²) in [5, 5.41) is 0.121. The smallest absolute Gasteiger partial charge is 0.264 e. The predicted molar refractivity (Wildman–Crippen MR) is 76.6 cm³/mol. The molecule has 0 spiro atoms. The molecular formula is C14H9ClFNO2S. The van der Waals surface area contributed by atoms with Crippen LogP contribution < -0.4 is 4.72 Å². The van der Waals surface area contributed by atoms with Crippen molar-refractivity contribution in [1.29, 1.82) is 0 Å². The van der Waals surface area contributed by atoms with Gasteiger partial charge in [-0.2, -0.15) is 0 Å². The lowest BCUT2D eigenvalue weighted by atomic mass is 10.2. The van der Waals surface area contributed by atoms with Crippen LogP contribution in [-0.4, -0.2) is 8.42 Å². The monoisotopic (exact) mass is 309 g/mol. The normalized spacial score (nSPS) is 10.8. The van der Waals surface area contributed by atoms with Crippen LogP contribution in [0.15, 0.2) is 47.4 Å². The maximum atomic E-state index is 13.7. The van der Waals surface area contributed by atoms with Gasteiger partial charge in [-0.3, -0.25) is 4.72 Å². The minimum absolute atomic E-state index is 0.121. The fourth-order valence-electron chi connectivity index (χ4n) is 1.58. The van der Waals surface area contributed by atoms with Gasteiger partial charge in [-0.05, 0) is 36.4 Å². The first-order valence-corrected chi connectivity index (χ1v) is 7.33. The second-order valence-electron chi connectivity index (χ2n) is 3.91. The van der Waals surface area contributed by atoms with E-state index in [0.29, 0.717) is 5.56 Å². The average molecular weight is 310 g/mol. The Labute approximate surface area is 121 Å². The predicted octanol–water partition coefficient (Wildman–Crippen LogP) is 3.26. The molecule has 0 heterocycles. The first kappa shape index (κ1) is 14.4. The fraction of sp³-hybridized carbons (Fsp3) is 0. The Hall–Kier alpha value is -2.03. The Morgan fingerprint density at radius 2 is 1.95 bits per heavy atom. The summed E-state index contributed by atoms with van der Waals surface area (Å²) in [7, 11) is -4.04. The maximum Gasteiger partial charge on any atom is 0.264 e. The van der Waals surface area contributed by atoms with E-state index in [4.69, 9.17) is 18.0 Å². The number of rotatable bonds is 3. The van der Waals surface area contributed by atoms with Gasteiger partial charge in [0.15, 0.2) is 0 Å². The molecule has 0 unspecified atom stereocenters. The van der Waals surface area contributed by atoms with E-state index in [9.17, 15) is 12.8 Å². The van der Waals surface area contributed by atoms with Gasteiger partial charge in [0.1, 0.15) is 10.7 Å². The Morgan fingerprint density at radius 3 is 2.60 bits per heavy atom. The molecule has 0 aliphatic heterocycles. The molecule has 0 amide bonds. The molecule has 6 heteroatoms. The number of nitrogens with one attached hydrogen (secondary N) is 1. The molecule has 20 heavy (non-hydrogen) atoms. The van der Waals surface area contributed by atoms with E-state index in [1.165, 1.54) is 18.2 Å². The van der Waals surface area contributed by atoms with Crippen molar-refractivity contribution < 1.29 is 12.8 Å². The van der Waals surface area contributed by atoms with Gasteiger partial charge in [0.05, 0.1) is 5.69 Å². The van der Waals surface area contributed by atoms with Crippen LogP contribution in [0.2, 0.25) is 5.02 Å². The Kier molecular flexibility index (Phi) is 3.98. The van der Waals surface area contributed by atoms with E-state index in [2.05, 4.69) is 10.6 Å². The van der Waals surface area contributed by atoms with Crippen molar-refractivity contribution in [2.24, 2.45) is 0 Å². The molecule has 0 saturated carbocycles. The van der Waals surface area contributed by atoms with Gasteiger partial charge >= 0.3 is 0 Å². The van der Waals surface area contributed by atoms with Crippen molar-refractivity contribution in [3.05, 3.63) is 58.9 Å². The molecule has 0 radical (unpaired) electrons. The zero-order valence-corrected chi connectivity index (χ0v) is 11.7. The second kappa shape index (κ2) is 5.53. The SMILES string of the molecule is C#Cc1cccc(NS(=O)(=O)c2ccc(Cl)cc2F)c1. The summed E-state index contributed by atoms with van der Waals surface area (Å²) in [5.41, 5.74) is 0.775. The lowest BCUT2D eigenvalue weighted by Gasteiger charge is -2.09. The molecule has 1 N–H and O–H groups in total. The molecule has 0 aromatic heterocycles. The van der Waals surface area contributed by atoms with Crippen molar-refractivity contribution in [3.8, 4) is 12.3 Å². The van der Waals surface area contributed by atoms with E-state index in [1.807, 2.05) is 0 Å². The second-order valence-corrected chi connectivity index (χ2v) is 5.99. The van der Waals surface area contributed by atoms with Crippen molar-refractivity contribution in [3.63, 3.8) is 0 Å². The zero-order valence-electron chi connectivity index (χ0n) is 10.1. The molecule has 0 saturated heterocycles. The number of halogens is 2. The van der Waals surface area contributed by atoms with Crippen LogP contribution in [0.5, 0.6) is 0 Å². The van der Waals surface area contributed by atoms with Gasteiger partial charge in [0.2, 0.25) is 0 Å². The molecule has 0 atom stereocenters. The molecule has 2 aromatic carbocycles. The van der Waals surface area contributed by atoms with Crippen LogP contribution in [0.4, 0.5) is 10.1 Å². The van der Waals surface area contributed by atoms with Crippen LogP contribution in [-0.2, 0) is 10.0 Å².